The third-order valence-corrected chi connectivity index (χ3v) is 7.75. The van der Waals surface area contributed by atoms with Crippen LogP contribution in [-0.2, 0) is 0 Å². The minimum Gasteiger partial charge on any atom is -0.0622 e. The molecule has 8 aromatic carbocycles. The van der Waals surface area contributed by atoms with Crippen LogP contribution in [0.25, 0.3) is 76.1 Å². The van der Waals surface area contributed by atoms with Crippen molar-refractivity contribution in [1.29, 1.82) is 0 Å². The fraction of sp³-hybridized carbons (Fsp3) is 0. The molecule has 8 rings (SSSR count). The lowest BCUT2D eigenvalue weighted by Crippen LogP contribution is -1.91. The Balaban J connectivity index is 1.53. The van der Waals surface area contributed by atoms with E-state index in [2.05, 4.69) is 133 Å². The van der Waals surface area contributed by atoms with Crippen LogP contribution in [0.2, 0.25) is 0 Å². The Hall–Kier alpha value is -4.68. The molecule has 0 atom stereocenters. The van der Waals surface area contributed by atoms with Crippen molar-refractivity contribution in [3.63, 3.8) is 0 Å². The molecule has 0 aliphatic rings. The summed E-state index contributed by atoms with van der Waals surface area (Å²) in [7, 11) is 0. The molecule has 166 valence electrons. The maximum absolute atomic E-state index is 2.39. The van der Waals surface area contributed by atoms with Crippen molar-refractivity contribution >= 4 is 53.9 Å². The van der Waals surface area contributed by atoms with Crippen LogP contribution in [0.15, 0.2) is 133 Å². The van der Waals surface area contributed by atoms with Crippen LogP contribution in [0.3, 0.4) is 0 Å². The standard InChI is InChI=1S/C36H22/c1-2-9-23(10-3-1)35-29-13-4-6-15-31(29)36(32-16-7-5-14-30(32)35)28-21-26-19-17-24-11-8-12-25-18-20-27(22-28)34(26)33(24)25/h1-22H. The average molecular weight is 455 g/mol. The second-order valence-electron chi connectivity index (χ2n) is 9.72. The van der Waals surface area contributed by atoms with Crippen molar-refractivity contribution in [1.82, 2.24) is 0 Å². The fourth-order valence-corrected chi connectivity index (χ4v) is 6.25. The first-order valence-corrected chi connectivity index (χ1v) is 12.5. The summed E-state index contributed by atoms with van der Waals surface area (Å²) in [6, 6.07) is 49.1. The molecule has 8 aromatic rings. The summed E-state index contributed by atoms with van der Waals surface area (Å²) in [5, 5.41) is 13.1. The first kappa shape index (κ1) is 19.6. The summed E-state index contributed by atoms with van der Waals surface area (Å²) in [4.78, 5) is 0. The largest absolute Gasteiger partial charge is 0.0622 e. The molecule has 36 heavy (non-hydrogen) atoms. The Bertz CT molecular complexity index is 1960. The van der Waals surface area contributed by atoms with Gasteiger partial charge in [-0.05, 0) is 88.2 Å². The predicted octanol–water partition coefficient (Wildman–Crippen LogP) is 10.2. The Kier molecular flexibility index (Phi) is 4.03. The van der Waals surface area contributed by atoms with Gasteiger partial charge in [0.2, 0.25) is 0 Å². The second kappa shape index (κ2) is 7.41. The maximum Gasteiger partial charge on any atom is -0.00259 e. The Labute approximate surface area is 209 Å². The zero-order valence-electron chi connectivity index (χ0n) is 19.7. The molecule has 0 aliphatic heterocycles. The fourth-order valence-electron chi connectivity index (χ4n) is 6.25. The summed E-state index contributed by atoms with van der Waals surface area (Å²) in [6.07, 6.45) is 0. The van der Waals surface area contributed by atoms with Crippen molar-refractivity contribution < 1.29 is 0 Å². The summed E-state index contributed by atoms with van der Waals surface area (Å²) in [5.74, 6) is 0. The van der Waals surface area contributed by atoms with Gasteiger partial charge in [-0.15, -0.1) is 0 Å². The molecular weight excluding hydrogens is 432 g/mol. The summed E-state index contributed by atoms with van der Waals surface area (Å²) >= 11 is 0. The van der Waals surface area contributed by atoms with Gasteiger partial charge in [-0.3, -0.25) is 0 Å². The number of benzene rings is 8. The van der Waals surface area contributed by atoms with Crippen molar-refractivity contribution in [2.24, 2.45) is 0 Å². The summed E-state index contributed by atoms with van der Waals surface area (Å²) in [5.41, 5.74) is 5.15. The highest BCUT2D eigenvalue weighted by atomic mass is 14.2. The SMILES string of the molecule is c1ccc(-c2c3ccccc3c(-c3cc4ccc5cccc6ccc(c3)c4c56)c3ccccc23)cc1. The van der Waals surface area contributed by atoms with E-state index in [1.54, 1.807) is 0 Å². The molecule has 0 spiro atoms. The van der Waals surface area contributed by atoms with E-state index in [9.17, 15) is 0 Å². The van der Waals surface area contributed by atoms with E-state index in [1.807, 2.05) is 0 Å². The highest BCUT2D eigenvalue weighted by Crippen LogP contribution is 2.45. The molecule has 0 aliphatic carbocycles. The van der Waals surface area contributed by atoms with Gasteiger partial charge in [-0.2, -0.15) is 0 Å². The van der Waals surface area contributed by atoms with Crippen LogP contribution in [0.1, 0.15) is 0 Å². The van der Waals surface area contributed by atoms with Gasteiger partial charge < -0.3 is 0 Å². The molecule has 0 bridgehead atoms. The van der Waals surface area contributed by atoms with Gasteiger partial charge in [-0.1, -0.05) is 121 Å². The number of hydrogen-bond donors (Lipinski definition) is 0. The molecule has 0 saturated carbocycles. The lowest BCUT2D eigenvalue weighted by molar-refractivity contribution is 1.66. The average Bonchev–Trinajstić information content (AvgIpc) is 2.95. The first-order chi connectivity index (χ1) is 17.9. The Morgan fingerprint density at radius 3 is 1.22 bits per heavy atom. The molecule has 0 aromatic heterocycles. The molecule has 0 saturated heterocycles. The predicted molar refractivity (Wildman–Crippen MR) is 156 cm³/mol. The molecule has 0 fully saturated rings. The molecule has 0 nitrogen and oxygen atoms in total. The van der Waals surface area contributed by atoms with E-state index in [4.69, 9.17) is 0 Å². The van der Waals surface area contributed by atoms with Gasteiger partial charge in [0.15, 0.2) is 0 Å². The maximum atomic E-state index is 2.39. The molecule has 0 radical (unpaired) electrons. The molecule has 0 heteroatoms. The lowest BCUT2D eigenvalue weighted by Gasteiger charge is -2.19. The van der Waals surface area contributed by atoms with Crippen LogP contribution in [0, 0.1) is 0 Å². The van der Waals surface area contributed by atoms with Gasteiger partial charge in [0.25, 0.3) is 0 Å². The lowest BCUT2D eigenvalue weighted by atomic mass is 9.84. The Morgan fingerprint density at radius 2 is 0.694 bits per heavy atom. The third-order valence-electron chi connectivity index (χ3n) is 7.75. The molecule has 0 heterocycles. The summed E-state index contributed by atoms with van der Waals surface area (Å²) < 4.78 is 0. The van der Waals surface area contributed by atoms with E-state index in [0.717, 1.165) is 0 Å². The van der Waals surface area contributed by atoms with Crippen LogP contribution in [-0.4, -0.2) is 0 Å². The molecular formula is C36H22. The minimum atomic E-state index is 1.26. The zero-order valence-corrected chi connectivity index (χ0v) is 19.7. The molecule has 0 N–H and O–H groups in total. The van der Waals surface area contributed by atoms with Crippen molar-refractivity contribution in [2.75, 3.05) is 0 Å². The number of fused-ring (bicyclic) bond motifs is 2. The number of hydrogen-bond acceptors (Lipinski definition) is 0. The van der Waals surface area contributed by atoms with E-state index in [0.29, 0.717) is 0 Å². The van der Waals surface area contributed by atoms with Gasteiger partial charge in [0.1, 0.15) is 0 Å². The third kappa shape index (κ3) is 2.70. The van der Waals surface area contributed by atoms with E-state index < -0.39 is 0 Å². The smallest absolute Gasteiger partial charge is 0.00259 e. The summed E-state index contributed by atoms with van der Waals surface area (Å²) in [6.45, 7) is 0. The van der Waals surface area contributed by atoms with E-state index >= 15 is 0 Å². The highest BCUT2D eigenvalue weighted by Gasteiger charge is 2.17. The van der Waals surface area contributed by atoms with Gasteiger partial charge in [0, 0.05) is 0 Å². The monoisotopic (exact) mass is 454 g/mol. The van der Waals surface area contributed by atoms with Crippen LogP contribution < -0.4 is 0 Å². The van der Waals surface area contributed by atoms with Crippen LogP contribution >= 0.6 is 0 Å². The van der Waals surface area contributed by atoms with E-state index in [-0.39, 0.29) is 0 Å². The van der Waals surface area contributed by atoms with Crippen molar-refractivity contribution in [3.8, 4) is 22.3 Å². The quantitative estimate of drug-likeness (QED) is 0.180. The van der Waals surface area contributed by atoms with Crippen LogP contribution in [0.5, 0.6) is 0 Å². The zero-order chi connectivity index (χ0) is 23.6. The first-order valence-electron chi connectivity index (χ1n) is 12.5. The van der Waals surface area contributed by atoms with Crippen molar-refractivity contribution in [2.45, 2.75) is 0 Å². The number of rotatable bonds is 2. The normalized spacial score (nSPS) is 11.9. The topological polar surface area (TPSA) is 0 Å². The minimum absolute atomic E-state index is 1.26. The van der Waals surface area contributed by atoms with Gasteiger partial charge >= 0.3 is 0 Å². The van der Waals surface area contributed by atoms with Crippen molar-refractivity contribution in [3.05, 3.63) is 133 Å². The molecule has 0 amide bonds. The molecule has 0 unspecified atom stereocenters. The van der Waals surface area contributed by atoms with E-state index in [1.165, 1.54) is 76.1 Å². The Morgan fingerprint density at radius 1 is 0.278 bits per heavy atom. The highest BCUT2D eigenvalue weighted by molar-refractivity contribution is 6.26. The second-order valence-corrected chi connectivity index (χ2v) is 9.72. The van der Waals surface area contributed by atoms with Crippen LogP contribution in [0.4, 0.5) is 0 Å². The van der Waals surface area contributed by atoms with Gasteiger partial charge in [0.05, 0.1) is 0 Å². The van der Waals surface area contributed by atoms with Gasteiger partial charge in [-0.25, -0.2) is 0 Å².